The summed E-state index contributed by atoms with van der Waals surface area (Å²) in [6.45, 7) is 9.86. The minimum Gasteiger partial charge on any atom is -0.428 e. The number of ether oxygens (including phenoxy) is 1. The van der Waals surface area contributed by atoms with Gasteiger partial charge in [-0.15, -0.1) is 0 Å². The molecule has 0 aliphatic carbocycles. The number of aliphatic imine (C=N–C) groups is 1. The Morgan fingerprint density at radius 1 is 1.28 bits per heavy atom. The molecule has 1 aromatic rings. The maximum absolute atomic E-state index is 14.4. The number of hydrogen-bond donors (Lipinski definition) is 1. The van der Waals surface area contributed by atoms with Gasteiger partial charge in [0, 0.05) is 19.0 Å². The van der Waals surface area contributed by atoms with Crippen molar-refractivity contribution in [1.82, 2.24) is 4.90 Å². The highest BCUT2D eigenvalue weighted by molar-refractivity contribution is 5.86. The first-order chi connectivity index (χ1) is 13.4. The van der Waals surface area contributed by atoms with Crippen LogP contribution in [0.3, 0.4) is 0 Å². The van der Waals surface area contributed by atoms with Crippen LogP contribution in [0.25, 0.3) is 0 Å². The van der Waals surface area contributed by atoms with Crippen molar-refractivity contribution in [2.75, 3.05) is 7.05 Å². The number of alkyl halides is 2. The summed E-state index contributed by atoms with van der Waals surface area (Å²) in [6.07, 6.45) is 4.07. The van der Waals surface area contributed by atoms with Crippen LogP contribution < -0.4 is 4.74 Å². The molecule has 0 amide bonds. The van der Waals surface area contributed by atoms with Gasteiger partial charge in [0.2, 0.25) is 0 Å². The Morgan fingerprint density at radius 3 is 2.48 bits per heavy atom. The maximum atomic E-state index is 14.4. The van der Waals surface area contributed by atoms with E-state index in [1.807, 2.05) is 47.0 Å². The van der Waals surface area contributed by atoms with Gasteiger partial charge in [-0.05, 0) is 63.8 Å². The van der Waals surface area contributed by atoms with Crippen LogP contribution in [0, 0.1) is 6.92 Å². The fourth-order valence-corrected chi connectivity index (χ4v) is 3.25. The van der Waals surface area contributed by atoms with E-state index in [2.05, 4.69) is 16.0 Å². The van der Waals surface area contributed by atoms with Gasteiger partial charge in [-0.3, -0.25) is 4.99 Å². The lowest BCUT2D eigenvalue weighted by Gasteiger charge is -2.31. The summed E-state index contributed by atoms with van der Waals surface area (Å²) in [6, 6.07) is 3.29. The molecule has 0 spiro atoms. The van der Waals surface area contributed by atoms with Gasteiger partial charge < -0.3 is 14.7 Å². The van der Waals surface area contributed by atoms with Crippen LogP contribution in [0.2, 0.25) is 0 Å². The van der Waals surface area contributed by atoms with E-state index >= 15 is 0 Å². The molecule has 0 fully saturated rings. The van der Waals surface area contributed by atoms with Crippen molar-refractivity contribution in [2.45, 2.75) is 72.1 Å². The molecule has 2 rings (SSSR count). The highest BCUT2D eigenvalue weighted by Gasteiger charge is 2.49. The molecule has 1 unspecified atom stereocenters. The summed E-state index contributed by atoms with van der Waals surface area (Å²) in [5.74, 6) is -0.0389. The molecule has 1 N–H and O–H groups in total. The van der Waals surface area contributed by atoms with Crippen LogP contribution in [-0.4, -0.2) is 34.5 Å². The van der Waals surface area contributed by atoms with Gasteiger partial charge in [0.15, 0.2) is 11.4 Å². The van der Waals surface area contributed by atoms with Gasteiger partial charge in [-0.25, -0.2) is 0 Å². The van der Waals surface area contributed by atoms with Crippen molar-refractivity contribution in [2.24, 2.45) is 4.99 Å². The Hall–Kier alpha value is -2.21. The highest BCUT2D eigenvalue weighted by Crippen LogP contribution is 2.42. The SMILES string of the molecule is CCCC(C)=Nc1c(OC(F)(F)C(C)(C)O)ccc(C2C=CC(C)=CN2C)c1C. The second-order valence-electron chi connectivity index (χ2n) is 8.24. The molecule has 29 heavy (non-hydrogen) atoms. The number of benzene rings is 1. The van der Waals surface area contributed by atoms with Gasteiger partial charge in [-0.1, -0.05) is 31.6 Å². The van der Waals surface area contributed by atoms with E-state index in [9.17, 15) is 13.9 Å². The van der Waals surface area contributed by atoms with Gasteiger partial charge in [0.25, 0.3) is 0 Å². The Morgan fingerprint density at radius 2 is 1.93 bits per heavy atom. The van der Waals surface area contributed by atoms with E-state index in [4.69, 9.17) is 4.74 Å². The summed E-state index contributed by atoms with van der Waals surface area (Å²) in [4.78, 5) is 6.71. The van der Waals surface area contributed by atoms with Gasteiger partial charge in [0.1, 0.15) is 5.69 Å². The van der Waals surface area contributed by atoms with Crippen LogP contribution in [-0.2, 0) is 0 Å². The monoisotopic (exact) mass is 406 g/mol. The van der Waals surface area contributed by atoms with Crippen molar-refractivity contribution in [3.05, 3.63) is 47.2 Å². The normalized spacial score (nSPS) is 18.1. The number of nitrogens with zero attached hydrogens (tertiary/aromatic N) is 2. The molecular formula is C23H32F2N2O2. The second-order valence-corrected chi connectivity index (χ2v) is 8.24. The average molecular weight is 407 g/mol. The third kappa shape index (κ3) is 5.24. The van der Waals surface area contributed by atoms with Crippen LogP contribution in [0.4, 0.5) is 14.5 Å². The Labute approximate surface area is 172 Å². The van der Waals surface area contributed by atoms with Crippen LogP contribution >= 0.6 is 0 Å². The molecule has 6 heteroatoms. The summed E-state index contributed by atoms with van der Waals surface area (Å²) in [5, 5.41) is 9.82. The smallest absolute Gasteiger partial charge is 0.426 e. The number of halogens is 2. The third-order valence-electron chi connectivity index (χ3n) is 5.01. The molecule has 0 bridgehead atoms. The summed E-state index contributed by atoms with van der Waals surface area (Å²) in [5.41, 5.74) is 1.78. The topological polar surface area (TPSA) is 45.1 Å². The molecule has 4 nitrogen and oxygen atoms in total. The lowest BCUT2D eigenvalue weighted by atomic mass is 9.95. The summed E-state index contributed by atoms with van der Waals surface area (Å²) in [7, 11) is 1.98. The van der Waals surface area contributed by atoms with Gasteiger partial charge in [-0.2, -0.15) is 8.78 Å². The Kier molecular flexibility index (Phi) is 6.89. The van der Waals surface area contributed by atoms with E-state index in [-0.39, 0.29) is 11.8 Å². The third-order valence-corrected chi connectivity index (χ3v) is 5.01. The van der Waals surface area contributed by atoms with Crippen molar-refractivity contribution in [1.29, 1.82) is 0 Å². The largest absolute Gasteiger partial charge is 0.428 e. The van der Waals surface area contributed by atoms with Gasteiger partial charge >= 0.3 is 6.11 Å². The van der Waals surface area contributed by atoms with Crippen molar-refractivity contribution in [3.63, 3.8) is 0 Å². The number of hydrogen-bond acceptors (Lipinski definition) is 4. The Bertz CT molecular complexity index is 836. The standard InChI is InChI=1S/C23H32F2N2O2/c1-8-9-16(3)26-21-17(4)18(19-12-10-15(2)14-27(19)7)11-13-20(21)29-23(24,25)22(5,6)28/h10-14,19,28H,8-9H2,1-7H3. The molecule has 1 aliphatic rings. The molecule has 0 radical (unpaired) electrons. The predicted molar refractivity (Wildman–Crippen MR) is 114 cm³/mol. The molecule has 160 valence electrons. The molecule has 1 atom stereocenters. The number of aliphatic hydroxyl groups is 1. The molecular weight excluding hydrogens is 374 g/mol. The van der Waals surface area contributed by atoms with Crippen molar-refractivity contribution >= 4 is 11.4 Å². The average Bonchev–Trinajstić information content (AvgIpc) is 2.58. The van der Waals surface area contributed by atoms with E-state index < -0.39 is 11.7 Å². The zero-order valence-corrected chi connectivity index (χ0v) is 18.4. The second kappa shape index (κ2) is 8.66. The molecule has 1 aliphatic heterocycles. The fourth-order valence-electron chi connectivity index (χ4n) is 3.25. The predicted octanol–water partition coefficient (Wildman–Crippen LogP) is 6.08. The number of likely N-dealkylation sites (N-methyl/N-ethyl adjacent to an activating group) is 1. The molecule has 0 saturated carbocycles. The fraction of sp³-hybridized carbons (Fsp3) is 0.522. The highest BCUT2D eigenvalue weighted by atomic mass is 19.3. The van der Waals surface area contributed by atoms with E-state index in [1.54, 1.807) is 6.07 Å². The lowest BCUT2D eigenvalue weighted by Crippen LogP contribution is -2.47. The first kappa shape index (κ1) is 23.1. The maximum Gasteiger partial charge on any atom is 0.426 e. The molecule has 0 aromatic heterocycles. The summed E-state index contributed by atoms with van der Waals surface area (Å²) >= 11 is 0. The zero-order chi connectivity index (χ0) is 22.0. The zero-order valence-electron chi connectivity index (χ0n) is 18.4. The van der Waals surface area contributed by atoms with Crippen molar-refractivity contribution < 1.29 is 18.6 Å². The quantitative estimate of drug-likeness (QED) is 0.559. The first-order valence-corrected chi connectivity index (χ1v) is 9.92. The number of allylic oxidation sites excluding steroid dienone is 2. The van der Waals surface area contributed by atoms with Crippen molar-refractivity contribution in [3.8, 4) is 5.75 Å². The van der Waals surface area contributed by atoms with E-state index in [0.29, 0.717) is 5.69 Å². The summed E-state index contributed by atoms with van der Waals surface area (Å²) < 4.78 is 33.9. The first-order valence-electron chi connectivity index (χ1n) is 9.92. The minimum absolute atomic E-state index is 0.0250. The van der Waals surface area contributed by atoms with Crippen LogP contribution in [0.15, 0.2) is 41.1 Å². The van der Waals surface area contributed by atoms with Crippen LogP contribution in [0.5, 0.6) is 5.75 Å². The lowest BCUT2D eigenvalue weighted by molar-refractivity contribution is -0.276. The Balaban J connectivity index is 2.57. The number of rotatable bonds is 7. The minimum atomic E-state index is -3.76. The molecule has 0 saturated heterocycles. The molecule has 1 heterocycles. The van der Waals surface area contributed by atoms with E-state index in [0.717, 1.165) is 49.1 Å². The van der Waals surface area contributed by atoms with E-state index in [1.165, 1.54) is 6.07 Å². The van der Waals surface area contributed by atoms with Crippen LogP contribution in [0.1, 0.15) is 64.6 Å². The molecule has 1 aromatic carbocycles. The van der Waals surface area contributed by atoms with Gasteiger partial charge in [0.05, 0.1) is 6.04 Å².